The molecule has 0 spiro atoms. The van der Waals surface area contributed by atoms with Crippen LogP contribution < -0.4 is 10.6 Å². The van der Waals surface area contributed by atoms with Gasteiger partial charge < -0.3 is 25.4 Å². The normalized spacial score (nSPS) is 16.5. The Bertz CT molecular complexity index is 1000. The number of alkyl carbamates (subject to hydrolysis) is 1. The second kappa shape index (κ2) is 14.9. The SMILES string of the molecule is C#Cc1ccccc1C(C(=O)NC1CCCCC1)N(C(=O)C(CO)NC(=O)OC(C)(C)C)C(C)CCC(C)C. The fraction of sp³-hybridized carbons (Fsp3) is 0.645. The molecule has 0 aliphatic heterocycles. The van der Waals surface area contributed by atoms with Gasteiger partial charge in [0.25, 0.3) is 0 Å². The highest BCUT2D eigenvalue weighted by molar-refractivity contribution is 5.93. The van der Waals surface area contributed by atoms with Crippen LogP contribution in [0.1, 0.15) is 104 Å². The van der Waals surface area contributed by atoms with Crippen LogP contribution in [0.5, 0.6) is 0 Å². The minimum Gasteiger partial charge on any atom is -0.444 e. The molecule has 39 heavy (non-hydrogen) atoms. The Labute approximate surface area is 234 Å². The summed E-state index contributed by atoms with van der Waals surface area (Å²) in [6, 6.07) is 4.40. The molecule has 3 amide bonds. The summed E-state index contributed by atoms with van der Waals surface area (Å²) in [7, 11) is 0. The molecule has 3 atom stereocenters. The number of carbonyl (C=O) groups is 3. The fourth-order valence-corrected chi connectivity index (χ4v) is 4.94. The van der Waals surface area contributed by atoms with Crippen molar-refractivity contribution in [2.75, 3.05) is 6.61 Å². The maximum absolute atomic E-state index is 14.1. The monoisotopic (exact) mass is 541 g/mol. The smallest absolute Gasteiger partial charge is 0.408 e. The predicted molar refractivity (Wildman–Crippen MR) is 153 cm³/mol. The Morgan fingerprint density at radius 3 is 2.31 bits per heavy atom. The van der Waals surface area contributed by atoms with Gasteiger partial charge in [-0.1, -0.05) is 57.2 Å². The van der Waals surface area contributed by atoms with Crippen LogP contribution in [0.2, 0.25) is 0 Å². The van der Waals surface area contributed by atoms with Crippen LogP contribution in [0.3, 0.4) is 0 Å². The molecule has 0 aromatic heterocycles. The molecular formula is C31H47N3O5. The third-order valence-electron chi connectivity index (χ3n) is 6.95. The summed E-state index contributed by atoms with van der Waals surface area (Å²) >= 11 is 0. The van der Waals surface area contributed by atoms with E-state index in [1.54, 1.807) is 45.0 Å². The first-order valence-electron chi connectivity index (χ1n) is 14.2. The summed E-state index contributed by atoms with van der Waals surface area (Å²) in [4.78, 5) is 42.2. The summed E-state index contributed by atoms with van der Waals surface area (Å²) in [6.45, 7) is 10.6. The van der Waals surface area contributed by atoms with E-state index < -0.39 is 36.3 Å². The Balaban J connectivity index is 2.55. The number of rotatable bonds is 11. The van der Waals surface area contributed by atoms with Gasteiger partial charge in [0.2, 0.25) is 11.8 Å². The molecule has 0 radical (unpaired) electrons. The topological polar surface area (TPSA) is 108 Å². The Morgan fingerprint density at radius 2 is 1.74 bits per heavy atom. The molecule has 8 heteroatoms. The number of amides is 3. The molecule has 216 valence electrons. The first kappa shape index (κ1) is 32.2. The first-order chi connectivity index (χ1) is 18.4. The Hall–Kier alpha value is -3.05. The molecule has 3 unspecified atom stereocenters. The van der Waals surface area contributed by atoms with E-state index >= 15 is 0 Å². The highest BCUT2D eigenvalue weighted by atomic mass is 16.6. The van der Waals surface area contributed by atoms with Crippen LogP contribution in [0, 0.1) is 18.3 Å². The van der Waals surface area contributed by atoms with E-state index in [1.807, 2.05) is 6.92 Å². The number of nitrogens with zero attached hydrogens (tertiary/aromatic N) is 1. The summed E-state index contributed by atoms with van der Waals surface area (Å²) in [5.74, 6) is 2.15. The lowest BCUT2D eigenvalue weighted by molar-refractivity contribution is -0.146. The molecule has 1 aliphatic carbocycles. The van der Waals surface area contributed by atoms with Gasteiger partial charge in [0, 0.05) is 17.6 Å². The molecule has 1 aromatic rings. The van der Waals surface area contributed by atoms with Crippen molar-refractivity contribution in [1.29, 1.82) is 0 Å². The summed E-state index contributed by atoms with van der Waals surface area (Å²) in [5, 5.41) is 15.9. The Kier molecular flexibility index (Phi) is 12.3. The van der Waals surface area contributed by atoms with Crippen LogP contribution >= 0.6 is 0 Å². The molecule has 3 N–H and O–H groups in total. The molecule has 0 bridgehead atoms. The molecule has 8 nitrogen and oxygen atoms in total. The number of hydrogen-bond donors (Lipinski definition) is 3. The van der Waals surface area contributed by atoms with Crippen LogP contribution in [0.15, 0.2) is 24.3 Å². The first-order valence-corrected chi connectivity index (χ1v) is 14.2. The van der Waals surface area contributed by atoms with Crippen molar-refractivity contribution in [3.05, 3.63) is 35.4 Å². The van der Waals surface area contributed by atoms with Gasteiger partial charge in [-0.3, -0.25) is 9.59 Å². The lowest BCUT2D eigenvalue weighted by Crippen LogP contribution is -2.57. The van der Waals surface area contributed by atoms with E-state index in [2.05, 4.69) is 30.4 Å². The zero-order valence-electron chi connectivity index (χ0n) is 24.5. The molecule has 0 saturated heterocycles. The van der Waals surface area contributed by atoms with E-state index in [0.717, 1.165) is 38.5 Å². The third-order valence-corrected chi connectivity index (χ3v) is 6.95. The average molecular weight is 542 g/mol. The quantitative estimate of drug-likeness (QED) is 0.352. The number of terminal acetylenes is 1. The maximum Gasteiger partial charge on any atom is 0.408 e. The number of benzene rings is 1. The van der Waals surface area contributed by atoms with Crippen molar-refractivity contribution >= 4 is 17.9 Å². The number of aliphatic hydroxyl groups is 1. The van der Waals surface area contributed by atoms with E-state index in [4.69, 9.17) is 11.2 Å². The average Bonchev–Trinajstić information content (AvgIpc) is 2.88. The largest absolute Gasteiger partial charge is 0.444 e. The van der Waals surface area contributed by atoms with Gasteiger partial charge in [-0.2, -0.15) is 0 Å². The van der Waals surface area contributed by atoms with E-state index in [0.29, 0.717) is 23.5 Å². The Morgan fingerprint density at radius 1 is 1.10 bits per heavy atom. The van der Waals surface area contributed by atoms with Crippen molar-refractivity contribution in [2.24, 2.45) is 5.92 Å². The zero-order valence-corrected chi connectivity index (χ0v) is 24.5. The zero-order chi connectivity index (χ0) is 29.2. The predicted octanol–water partition coefficient (Wildman–Crippen LogP) is 4.70. The van der Waals surface area contributed by atoms with Gasteiger partial charge in [-0.25, -0.2) is 4.79 Å². The highest BCUT2D eigenvalue weighted by Crippen LogP contribution is 2.30. The third kappa shape index (κ3) is 9.89. The van der Waals surface area contributed by atoms with Crippen molar-refractivity contribution in [3.8, 4) is 12.3 Å². The van der Waals surface area contributed by atoms with Gasteiger partial charge in [0.1, 0.15) is 17.7 Å². The van der Waals surface area contributed by atoms with Crippen LogP contribution in [-0.2, 0) is 14.3 Å². The number of carbonyl (C=O) groups excluding carboxylic acids is 3. The molecular weight excluding hydrogens is 494 g/mol. The molecule has 1 saturated carbocycles. The van der Waals surface area contributed by atoms with Crippen molar-refractivity contribution < 1.29 is 24.2 Å². The number of aliphatic hydroxyl groups excluding tert-OH is 1. The maximum atomic E-state index is 14.1. The molecule has 1 fully saturated rings. The number of hydrogen-bond acceptors (Lipinski definition) is 5. The van der Waals surface area contributed by atoms with Gasteiger partial charge in [-0.05, 0) is 70.9 Å². The van der Waals surface area contributed by atoms with Crippen LogP contribution in [0.25, 0.3) is 0 Å². The molecule has 2 rings (SSSR count). The summed E-state index contributed by atoms with van der Waals surface area (Å²) in [5.41, 5.74) is 0.258. The lowest BCUT2D eigenvalue weighted by Gasteiger charge is -2.39. The molecule has 1 aliphatic rings. The molecule has 0 heterocycles. The van der Waals surface area contributed by atoms with Crippen LogP contribution in [0.4, 0.5) is 4.79 Å². The highest BCUT2D eigenvalue weighted by Gasteiger charge is 2.40. The van der Waals surface area contributed by atoms with Gasteiger partial charge in [-0.15, -0.1) is 6.42 Å². The summed E-state index contributed by atoms with van der Waals surface area (Å²) < 4.78 is 5.33. The van der Waals surface area contributed by atoms with Crippen molar-refractivity contribution in [3.63, 3.8) is 0 Å². The molecule has 1 aromatic carbocycles. The second-order valence-electron chi connectivity index (χ2n) is 11.9. The van der Waals surface area contributed by atoms with E-state index in [1.165, 1.54) is 4.90 Å². The standard InChI is InChI=1S/C31H47N3O5/c1-8-23-14-12-13-17-25(23)27(28(36)32-24-15-10-9-11-16-24)34(22(4)19-18-21(2)3)29(37)26(20-35)33-30(38)39-31(5,6)7/h1,12-14,17,21-22,24,26-27,35H,9-11,15-16,18-20H2,2-7H3,(H,32,36)(H,33,38). The van der Waals surface area contributed by atoms with Gasteiger partial charge in [0.05, 0.1) is 6.61 Å². The number of ether oxygens (including phenoxy) is 1. The van der Waals surface area contributed by atoms with Crippen LogP contribution in [-0.4, -0.2) is 58.2 Å². The number of nitrogens with one attached hydrogen (secondary N) is 2. The minimum atomic E-state index is -1.30. The van der Waals surface area contributed by atoms with Gasteiger partial charge in [0.15, 0.2) is 0 Å². The fourth-order valence-electron chi connectivity index (χ4n) is 4.94. The minimum absolute atomic E-state index is 0.0168. The van der Waals surface area contributed by atoms with Crippen molar-refractivity contribution in [1.82, 2.24) is 15.5 Å². The van der Waals surface area contributed by atoms with E-state index in [9.17, 15) is 19.5 Å². The second-order valence-corrected chi connectivity index (χ2v) is 11.9. The van der Waals surface area contributed by atoms with Gasteiger partial charge >= 0.3 is 6.09 Å². The van der Waals surface area contributed by atoms with E-state index in [-0.39, 0.29) is 18.0 Å². The van der Waals surface area contributed by atoms with Crippen molar-refractivity contribution in [2.45, 2.75) is 116 Å². The summed E-state index contributed by atoms with van der Waals surface area (Å²) in [6.07, 6.45) is 11.4. The lowest BCUT2D eigenvalue weighted by atomic mass is 9.92.